The first-order chi connectivity index (χ1) is 16.7. The molecule has 1 aliphatic heterocycles. The number of hydrogen-bond acceptors (Lipinski definition) is 4. The van der Waals surface area contributed by atoms with E-state index in [4.69, 9.17) is 0 Å². The van der Waals surface area contributed by atoms with Crippen molar-refractivity contribution in [3.8, 4) is 11.1 Å². The highest BCUT2D eigenvalue weighted by Gasteiger charge is 2.22. The number of likely N-dealkylation sites (tertiary alicyclic amines) is 1. The number of nitrogens with one attached hydrogen (secondary N) is 1. The zero-order valence-electron chi connectivity index (χ0n) is 21.8. The van der Waals surface area contributed by atoms with Gasteiger partial charge in [-0.2, -0.15) is 0 Å². The van der Waals surface area contributed by atoms with Gasteiger partial charge in [-0.05, 0) is 70.6 Å². The van der Waals surface area contributed by atoms with E-state index in [1.807, 2.05) is 20.2 Å². The molecule has 2 heterocycles. The highest BCUT2D eigenvalue weighted by atomic mass is 32.1. The summed E-state index contributed by atoms with van der Waals surface area (Å²) in [5.41, 5.74) is 6.30. The zero-order valence-corrected chi connectivity index (χ0v) is 22.6. The second-order valence-electron chi connectivity index (χ2n) is 11.0. The van der Waals surface area contributed by atoms with Crippen molar-refractivity contribution in [3.63, 3.8) is 0 Å². The Kier molecular flexibility index (Phi) is 7.98. The minimum Gasteiger partial charge on any atom is -0.378 e. The van der Waals surface area contributed by atoms with Gasteiger partial charge in [0, 0.05) is 38.9 Å². The maximum atomic E-state index is 13.1. The molecule has 3 aromatic rings. The molecule has 1 aliphatic rings. The summed E-state index contributed by atoms with van der Waals surface area (Å²) in [7, 11) is 4.08. The summed E-state index contributed by atoms with van der Waals surface area (Å²) in [6.45, 7) is 9.67. The molecule has 0 radical (unpaired) electrons. The van der Waals surface area contributed by atoms with Gasteiger partial charge < -0.3 is 10.2 Å². The van der Waals surface area contributed by atoms with E-state index in [0.29, 0.717) is 0 Å². The Hall–Kier alpha value is -2.63. The van der Waals surface area contributed by atoms with Crippen molar-refractivity contribution in [1.29, 1.82) is 0 Å². The molecule has 1 saturated heterocycles. The molecule has 0 spiro atoms. The van der Waals surface area contributed by atoms with E-state index < -0.39 is 0 Å². The first-order valence-electron chi connectivity index (χ1n) is 12.7. The summed E-state index contributed by atoms with van der Waals surface area (Å²) >= 11 is 1.53. The molecule has 0 aliphatic carbocycles. The largest absolute Gasteiger partial charge is 0.378 e. The van der Waals surface area contributed by atoms with E-state index in [0.717, 1.165) is 48.5 Å². The summed E-state index contributed by atoms with van der Waals surface area (Å²) in [4.78, 5) is 18.5. The van der Waals surface area contributed by atoms with Gasteiger partial charge in [0.25, 0.3) is 5.91 Å². The molecule has 5 heteroatoms. The Morgan fingerprint density at radius 1 is 1.03 bits per heavy atom. The molecular formula is C30H39N3OS. The molecular weight excluding hydrogens is 450 g/mol. The van der Waals surface area contributed by atoms with Crippen molar-refractivity contribution in [2.75, 3.05) is 32.1 Å². The molecule has 2 aromatic carbocycles. The number of carbonyl (C=O) groups excluding carboxylic acids is 1. The van der Waals surface area contributed by atoms with Crippen molar-refractivity contribution in [2.45, 2.75) is 58.0 Å². The lowest BCUT2D eigenvalue weighted by Gasteiger charge is -2.25. The number of nitrogens with zero attached hydrogens (tertiary/aromatic N) is 2. The van der Waals surface area contributed by atoms with Crippen LogP contribution in [0.15, 0.2) is 60.0 Å². The molecule has 4 rings (SSSR count). The molecule has 4 nitrogen and oxygen atoms in total. The molecule has 1 fully saturated rings. The van der Waals surface area contributed by atoms with E-state index in [-0.39, 0.29) is 17.4 Å². The predicted molar refractivity (Wildman–Crippen MR) is 150 cm³/mol. The maximum absolute atomic E-state index is 13.1. The Bertz CT molecular complexity index is 1110. The van der Waals surface area contributed by atoms with Crippen LogP contribution in [-0.2, 0) is 12.0 Å². The second kappa shape index (κ2) is 11.0. The number of amides is 1. The van der Waals surface area contributed by atoms with E-state index in [2.05, 4.69) is 89.8 Å². The van der Waals surface area contributed by atoms with Gasteiger partial charge in [-0.15, -0.1) is 11.3 Å². The van der Waals surface area contributed by atoms with E-state index in [1.165, 1.54) is 34.6 Å². The van der Waals surface area contributed by atoms with Crippen molar-refractivity contribution >= 4 is 22.9 Å². The number of carbonyl (C=O) groups is 1. The van der Waals surface area contributed by atoms with Crippen molar-refractivity contribution in [3.05, 3.63) is 76.0 Å². The lowest BCUT2D eigenvalue weighted by atomic mass is 9.87. The highest BCUT2D eigenvalue weighted by Crippen LogP contribution is 2.28. The van der Waals surface area contributed by atoms with E-state index >= 15 is 0 Å². The van der Waals surface area contributed by atoms with Crippen molar-refractivity contribution in [2.24, 2.45) is 0 Å². The minimum absolute atomic E-state index is 0.0486. The van der Waals surface area contributed by atoms with Crippen LogP contribution in [0.25, 0.3) is 11.1 Å². The Morgan fingerprint density at radius 3 is 2.40 bits per heavy atom. The number of thiophene rings is 1. The van der Waals surface area contributed by atoms with Crippen LogP contribution in [0.3, 0.4) is 0 Å². The van der Waals surface area contributed by atoms with Gasteiger partial charge in [-0.1, -0.05) is 63.6 Å². The number of rotatable bonds is 6. The Balaban J connectivity index is 1.36. The third kappa shape index (κ3) is 6.74. The van der Waals surface area contributed by atoms with Crippen LogP contribution in [0, 0.1) is 0 Å². The summed E-state index contributed by atoms with van der Waals surface area (Å²) < 4.78 is 0. The van der Waals surface area contributed by atoms with Crippen LogP contribution < -0.4 is 10.2 Å². The summed E-state index contributed by atoms with van der Waals surface area (Å²) in [6, 6.07) is 19.7. The van der Waals surface area contributed by atoms with E-state index in [9.17, 15) is 4.79 Å². The first kappa shape index (κ1) is 25.5. The second-order valence-corrected chi connectivity index (χ2v) is 11.9. The van der Waals surface area contributed by atoms with Crippen LogP contribution in [-0.4, -0.2) is 44.0 Å². The van der Waals surface area contributed by atoms with Crippen LogP contribution >= 0.6 is 11.3 Å². The summed E-state index contributed by atoms with van der Waals surface area (Å²) in [5.74, 6) is 0.0486. The molecule has 0 saturated carbocycles. The van der Waals surface area contributed by atoms with Crippen molar-refractivity contribution < 1.29 is 4.79 Å². The van der Waals surface area contributed by atoms with Gasteiger partial charge in [0.2, 0.25) is 0 Å². The van der Waals surface area contributed by atoms with Gasteiger partial charge >= 0.3 is 0 Å². The quantitative estimate of drug-likeness (QED) is 0.426. The maximum Gasteiger partial charge on any atom is 0.261 e. The monoisotopic (exact) mass is 489 g/mol. The van der Waals surface area contributed by atoms with Crippen LogP contribution in [0.2, 0.25) is 0 Å². The van der Waals surface area contributed by atoms with Crippen molar-refractivity contribution in [1.82, 2.24) is 10.2 Å². The third-order valence-electron chi connectivity index (χ3n) is 6.86. The molecule has 1 atom stereocenters. The topological polar surface area (TPSA) is 35.6 Å². The minimum atomic E-state index is 0.0486. The van der Waals surface area contributed by atoms with Gasteiger partial charge in [0.15, 0.2) is 0 Å². The molecule has 1 unspecified atom stereocenters. The molecule has 1 amide bonds. The number of benzene rings is 2. The molecule has 1 aromatic heterocycles. The lowest BCUT2D eigenvalue weighted by molar-refractivity contribution is 0.0929. The molecule has 1 N–H and O–H groups in total. The molecule has 0 bridgehead atoms. The fraction of sp³-hybridized carbons (Fsp3) is 0.433. The zero-order chi connectivity index (χ0) is 25.0. The Morgan fingerprint density at radius 2 is 1.74 bits per heavy atom. The standard InChI is InChI=1S/C30H39N3OS/c1-30(2,3)25-13-9-22(10-14-25)19-33-17-7-6-8-26(20-33)31-29(34)28-18-24(21-35-28)23-11-15-27(16-12-23)32(4)5/h9-16,18,21,26H,6-8,17,19-20H2,1-5H3,(H,31,34). The molecule has 35 heavy (non-hydrogen) atoms. The van der Waals surface area contributed by atoms with Gasteiger partial charge in [-0.25, -0.2) is 0 Å². The first-order valence-corrected chi connectivity index (χ1v) is 13.6. The van der Waals surface area contributed by atoms with Crippen LogP contribution in [0.4, 0.5) is 5.69 Å². The fourth-order valence-corrected chi connectivity index (χ4v) is 5.48. The van der Waals surface area contributed by atoms with Gasteiger partial charge in [-0.3, -0.25) is 9.69 Å². The highest BCUT2D eigenvalue weighted by molar-refractivity contribution is 7.12. The Labute approximate surface area is 215 Å². The predicted octanol–water partition coefficient (Wildman–Crippen LogP) is 6.56. The van der Waals surface area contributed by atoms with Gasteiger partial charge in [0.05, 0.1) is 4.88 Å². The van der Waals surface area contributed by atoms with Crippen LogP contribution in [0.1, 0.15) is 60.8 Å². The average Bonchev–Trinajstić information content (AvgIpc) is 3.22. The number of hydrogen-bond donors (Lipinski definition) is 1. The normalized spacial score (nSPS) is 17.1. The lowest BCUT2D eigenvalue weighted by Crippen LogP contribution is -2.42. The summed E-state index contributed by atoms with van der Waals surface area (Å²) in [5, 5.41) is 5.42. The third-order valence-corrected chi connectivity index (χ3v) is 7.79. The van der Waals surface area contributed by atoms with E-state index in [1.54, 1.807) is 0 Å². The smallest absolute Gasteiger partial charge is 0.261 e. The SMILES string of the molecule is CN(C)c1ccc(-c2csc(C(=O)NC3CCCCN(Cc4ccc(C(C)(C)C)cc4)C3)c2)cc1. The fourth-order valence-electron chi connectivity index (χ4n) is 4.67. The van der Waals surface area contributed by atoms with Crippen LogP contribution in [0.5, 0.6) is 0 Å². The number of anilines is 1. The van der Waals surface area contributed by atoms with Gasteiger partial charge in [0.1, 0.15) is 0 Å². The molecule has 186 valence electrons. The summed E-state index contributed by atoms with van der Waals surface area (Å²) in [6.07, 6.45) is 3.37. The average molecular weight is 490 g/mol.